The topological polar surface area (TPSA) is 98.6 Å². The summed E-state index contributed by atoms with van der Waals surface area (Å²) in [6, 6.07) is -0.549. The van der Waals surface area contributed by atoms with E-state index < -0.39 is 6.04 Å². The third kappa shape index (κ3) is 4.69. The van der Waals surface area contributed by atoms with Crippen molar-refractivity contribution in [3.8, 4) is 0 Å². The number of nitrogens with two attached hydrogens (primary N) is 2. The summed E-state index contributed by atoms with van der Waals surface area (Å²) in [4.78, 5) is 13.0. The highest BCUT2D eigenvalue weighted by atomic mass is 16.5. The zero-order chi connectivity index (χ0) is 30.0. The Hall–Kier alpha value is -0.910. The number of allylic oxidation sites excluding steroid dienone is 1. The molecule has 11 atom stereocenters. The van der Waals surface area contributed by atoms with Gasteiger partial charge in [-0.2, -0.15) is 0 Å². The minimum atomic E-state index is -0.549. The molecule has 5 aliphatic carbocycles. The minimum absolute atomic E-state index is 0.0145. The van der Waals surface area contributed by atoms with E-state index in [0.29, 0.717) is 49.2 Å². The number of fused-ring (bicyclic) bond motifs is 7. The van der Waals surface area contributed by atoms with Crippen LogP contribution < -0.4 is 11.5 Å². The summed E-state index contributed by atoms with van der Waals surface area (Å²) in [5.41, 5.74) is 14.1. The van der Waals surface area contributed by atoms with Crippen molar-refractivity contribution in [2.75, 3.05) is 13.2 Å². The van der Waals surface area contributed by atoms with Gasteiger partial charge in [-0.3, -0.25) is 4.79 Å². The van der Waals surface area contributed by atoms with Gasteiger partial charge in [0.25, 0.3) is 0 Å². The summed E-state index contributed by atoms with van der Waals surface area (Å²) < 4.78 is 6.12. The third-order valence-corrected chi connectivity index (χ3v) is 15.0. The van der Waals surface area contributed by atoms with Gasteiger partial charge in [0.2, 0.25) is 0 Å². The van der Waals surface area contributed by atoms with Gasteiger partial charge in [-0.15, -0.1) is 0 Å². The highest BCUT2D eigenvalue weighted by molar-refractivity contribution is 5.75. The molecule has 0 bridgehead atoms. The number of rotatable bonds is 8. The Morgan fingerprint density at radius 2 is 1.66 bits per heavy atom. The average molecular weight is 571 g/mol. The lowest BCUT2D eigenvalue weighted by Crippen LogP contribution is -2.66. The molecule has 0 spiro atoms. The van der Waals surface area contributed by atoms with Crippen LogP contribution in [0.2, 0.25) is 0 Å². The van der Waals surface area contributed by atoms with Gasteiger partial charge >= 0.3 is 5.97 Å². The van der Waals surface area contributed by atoms with Gasteiger partial charge in [-0.1, -0.05) is 53.2 Å². The van der Waals surface area contributed by atoms with Crippen LogP contribution in [0.3, 0.4) is 0 Å². The lowest BCUT2D eigenvalue weighted by Gasteiger charge is -2.73. The first kappa shape index (κ1) is 31.5. The summed E-state index contributed by atoms with van der Waals surface area (Å²) >= 11 is 0. The average Bonchev–Trinajstić information content (AvgIpc) is 3.30. The van der Waals surface area contributed by atoms with Crippen molar-refractivity contribution in [1.82, 2.24) is 0 Å². The number of hydrogen-bond acceptors (Lipinski definition) is 5. The molecule has 0 aliphatic heterocycles. The lowest BCUT2D eigenvalue weighted by atomic mass is 9.32. The van der Waals surface area contributed by atoms with Gasteiger partial charge < -0.3 is 21.3 Å². The van der Waals surface area contributed by atoms with Gasteiger partial charge in [0, 0.05) is 5.41 Å². The number of aliphatic hydroxyl groups is 1. The first-order valence-electron chi connectivity index (χ1n) is 17.1. The Balaban J connectivity index is 1.41. The van der Waals surface area contributed by atoms with E-state index in [9.17, 15) is 9.90 Å². The highest BCUT2D eigenvalue weighted by Gasteiger charge is 2.71. The number of carbonyl (C=O) groups excluding carboxylic acids is 1. The Labute approximate surface area is 251 Å². The zero-order valence-electron chi connectivity index (χ0n) is 27.3. The summed E-state index contributed by atoms with van der Waals surface area (Å²) in [6.45, 7) is 20.5. The molecule has 0 aromatic heterocycles. The van der Waals surface area contributed by atoms with Crippen LogP contribution in [-0.4, -0.2) is 36.4 Å². The molecule has 0 heterocycles. The van der Waals surface area contributed by atoms with Crippen LogP contribution in [0.4, 0.5) is 0 Å². The summed E-state index contributed by atoms with van der Waals surface area (Å²) in [6.07, 6.45) is 14.0. The van der Waals surface area contributed by atoms with Gasteiger partial charge in [0.1, 0.15) is 6.04 Å². The molecule has 0 aromatic rings. The second-order valence-electron chi connectivity index (χ2n) is 16.9. The SMILES string of the molecule is C=C(C)[C@@H]1CC[C@]2(COC(=O)[C@@H](N)CCCCN)CC[C@]3(C)[C@H](CC[C@@H]4[C@@]5(C)CC[C@H](O)C(C)(C)[C@@H]5CC[C@]43C)[C@@H]12. The van der Waals surface area contributed by atoms with E-state index in [1.54, 1.807) is 0 Å². The van der Waals surface area contributed by atoms with Gasteiger partial charge in [0.05, 0.1) is 12.7 Å². The fourth-order valence-corrected chi connectivity index (χ4v) is 12.5. The Kier molecular flexibility index (Phi) is 8.39. The van der Waals surface area contributed by atoms with Crippen molar-refractivity contribution < 1.29 is 14.6 Å². The number of unbranched alkanes of at least 4 members (excludes halogenated alkanes) is 1. The van der Waals surface area contributed by atoms with Crippen LogP contribution in [0.1, 0.15) is 125 Å². The minimum Gasteiger partial charge on any atom is -0.464 e. The lowest BCUT2D eigenvalue weighted by molar-refractivity contribution is -0.250. The molecule has 5 rings (SSSR count). The molecule has 0 aromatic carbocycles. The molecule has 0 saturated heterocycles. The van der Waals surface area contributed by atoms with Gasteiger partial charge in [-0.25, -0.2) is 0 Å². The molecule has 0 amide bonds. The molecular weight excluding hydrogens is 508 g/mol. The molecule has 5 fully saturated rings. The summed E-state index contributed by atoms with van der Waals surface area (Å²) in [5.74, 6) is 2.71. The largest absolute Gasteiger partial charge is 0.464 e. The van der Waals surface area contributed by atoms with Crippen LogP contribution in [-0.2, 0) is 9.53 Å². The molecule has 5 saturated carbocycles. The summed E-state index contributed by atoms with van der Waals surface area (Å²) in [7, 11) is 0. The van der Waals surface area contributed by atoms with Crippen LogP contribution >= 0.6 is 0 Å². The predicted molar refractivity (Wildman–Crippen MR) is 167 cm³/mol. The Morgan fingerprint density at radius 3 is 2.34 bits per heavy atom. The Morgan fingerprint density at radius 1 is 0.927 bits per heavy atom. The van der Waals surface area contributed by atoms with Gasteiger partial charge in [0.15, 0.2) is 0 Å². The smallest absolute Gasteiger partial charge is 0.322 e. The maximum atomic E-state index is 13.0. The fraction of sp³-hybridized carbons (Fsp3) is 0.917. The van der Waals surface area contributed by atoms with Crippen LogP contribution in [0.15, 0.2) is 12.2 Å². The van der Waals surface area contributed by atoms with E-state index in [1.165, 1.54) is 44.1 Å². The molecule has 5 aliphatic rings. The van der Waals surface area contributed by atoms with Crippen LogP contribution in [0, 0.1) is 56.7 Å². The molecule has 0 unspecified atom stereocenters. The molecule has 5 N–H and O–H groups in total. The Bertz CT molecular complexity index is 1010. The van der Waals surface area contributed by atoms with E-state index in [0.717, 1.165) is 38.5 Å². The normalized spacial score (nSPS) is 47.3. The van der Waals surface area contributed by atoms with Crippen LogP contribution in [0.25, 0.3) is 0 Å². The van der Waals surface area contributed by atoms with Crippen molar-refractivity contribution in [3.63, 3.8) is 0 Å². The highest BCUT2D eigenvalue weighted by Crippen LogP contribution is 2.77. The number of hydrogen-bond donors (Lipinski definition) is 3. The molecule has 5 heteroatoms. The van der Waals surface area contributed by atoms with Crippen molar-refractivity contribution in [3.05, 3.63) is 12.2 Å². The van der Waals surface area contributed by atoms with E-state index in [-0.39, 0.29) is 39.1 Å². The van der Waals surface area contributed by atoms with E-state index >= 15 is 0 Å². The third-order valence-electron chi connectivity index (χ3n) is 15.0. The molecule has 5 nitrogen and oxygen atoms in total. The van der Waals surface area contributed by atoms with Crippen molar-refractivity contribution in [1.29, 1.82) is 0 Å². The van der Waals surface area contributed by atoms with Crippen molar-refractivity contribution in [2.45, 2.75) is 137 Å². The number of aliphatic hydroxyl groups excluding tert-OH is 1. The second kappa shape index (κ2) is 10.9. The zero-order valence-corrected chi connectivity index (χ0v) is 27.3. The predicted octanol–water partition coefficient (Wildman–Crippen LogP) is 7.00. The first-order valence-corrected chi connectivity index (χ1v) is 17.1. The monoisotopic (exact) mass is 570 g/mol. The number of ether oxygens (including phenoxy) is 1. The van der Waals surface area contributed by atoms with E-state index in [1.807, 2.05) is 0 Å². The molecule has 0 radical (unpaired) electrons. The van der Waals surface area contributed by atoms with Gasteiger partial charge in [-0.05, 0) is 142 Å². The fourth-order valence-electron chi connectivity index (χ4n) is 12.5. The van der Waals surface area contributed by atoms with Crippen LogP contribution in [0.5, 0.6) is 0 Å². The summed E-state index contributed by atoms with van der Waals surface area (Å²) in [5, 5.41) is 11.0. The second-order valence-corrected chi connectivity index (χ2v) is 16.9. The molecule has 41 heavy (non-hydrogen) atoms. The number of carbonyl (C=O) groups is 1. The maximum Gasteiger partial charge on any atom is 0.322 e. The maximum absolute atomic E-state index is 13.0. The van der Waals surface area contributed by atoms with Crippen molar-refractivity contribution >= 4 is 5.97 Å². The standard InChI is InChI=1S/C36H62N2O3/c1-23(2)24-13-18-36(22-41-31(40)26(38)10-8-9-21-37)20-19-34(6)25(30(24)36)11-12-28-33(5)16-15-29(39)32(3,4)27(33)14-17-35(28,34)7/h24-30,39H,1,8-22,37-38H2,2-7H3/t24-,25+,26-,27-,28+,29-,30+,33-,34+,35+,36+/m0/s1. The molecular formula is C36H62N2O3. The molecule has 234 valence electrons. The number of esters is 1. The van der Waals surface area contributed by atoms with E-state index in [2.05, 4.69) is 48.1 Å². The van der Waals surface area contributed by atoms with Crippen molar-refractivity contribution in [2.24, 2.45) is 68.1 Å². The van der Waals surface area contributed by atoms with E-state index in [4.69, 9.17) is 16.2 Å². The first-order chi connectivity index (χ1) is 19.2. The quantitative estimate of drug-likeness (QED) is 0.166.